The van der Waals surface area contributed by atoms with Crippen LogP contribution in [0.1, 0.15) is 23.0 Å². The first-order valence-electron chi connectivity index (χ1n) is 9.41. The van der Waals surface area contributed by atoms with Crippen LogP contribution in [-0.2, 0) is 6.42 Å². The van der Waals surface area contributed by atoms with Gasteiger partial charge in [0.1, 0.15) is 29.3 Å². The molecule has 0 aliphatic rings. The topological polar surface area (TPSA) is 85.4 Å². The third-order valence-corrected chi connectivity index (χ3v) is 4.21. The van der Waals surface area contributed by atoms with Gasteiger partial charge >= 0.3 is 0 Å². The van der Waals surface area contributed by atoms with Crippen molar-refractivity contribution in [2.45, 2.75) is 13.3 Å². The molecule has 0 fully saturated rings. The Morgan fingerprint density at radius 1 is 1.07 bits per heavy atom. The predicted molar refractivity (Wildman–Crippen MR) is 112 cm³/mol. The molecular weight excluding hydrogens is 368 g/mol. The van der Waals surface area contributed by atoms with Crippen molar-refractivity contribution in [1.82, 2.24) is 15.3 Å². The standard InChI is InChI=1S/C22H24N4O3/c1-3-29-20-7-5-4-6-18(20)26-21-14-19(24-15-25-21)22(27)23-13-12-16-8-10-17(28-2)11-9-16/h4-11,14-15H,3,12-13H2,1-2H3,(H,23,27)(H,24,25,26). The smallest absolute Gasteiger partial charge is 0.270 e. The van der Waals surface area contributed by atoms with Crippen LogP contribution >= 0.6 is 0 Å². The highest BCUT2D eigenvalue weighted by Gasteiger charge is 2.10. The lowest BCUT2D eigenvalue weighted by atomic mass is 10.1. The predicted octanol–water partition coefficient (Wildman–Crippen LogP) is 3.60. The number of aromatic nitrogens is 2. The maximum Gasteiger partial charge on any atom is 0.270 e. The van der Waals surface area contributed by atoms with Gasteiger partial charge in [-0.1, -0.05) is 24.3 Å². The molecule has 0 spiro atoms. The van der Waals surface area contributed by atoms with Crippen molar-refractivity contribution in [2.24, 2.45) is 0 Å². The van der Waals surface area contributed by atoms with E-state index in [2.05, 4.69) is 20.6 Å². The zero-order valence-corrected chi connectivity index (χ0v) is 16.5. The van der Waals surface area contributed by atoms with Crippen LogP contribution < -0.4 is 20.1 Å². The summed E-state index contributed by atoms with van der Waals surface area (Å²) in [6, 6.07) is 16.9. The molecule has 29 heavy (non-hydrogen) atoms. The third kappa shape index (κ3) is 5.68. The Morgan fingerprint density at radius 2 is 1.86 bits per heavy atom. The summed E-state index contributed by atoms with van der Waals surface area (Å²) in [6.07, 6.45) is 2.08. The number of rotatable bonds is 9. The molecule has 1 heterocycles. The Labute approximate surface area is 170 Å². The molecule has 0 aliphatic carbocycles. The van der Waals surface area contributed by atoms with E-state index in [1.165, 1.54) is 6.33 Å². The number of benzene rings is 2. The zero-order chi connectivity index (χ0) is 20.5. The average Bonchev–Trinajstić information content (AvgIpc) is 2.76. The second kappa shape index (κ2) is 10.1. The number of carbonyl (C=O) groups is 1. The maximum atomic E-state index is 12.4. The molecule has 0 radical (unpaired) electrons. The summed E-state index contributed by atoms with van der Waals surface area (Å²) in [4.78, 5) is 20.7. The molecule has 3 rings (SSSR count). The molecule has 0 atom stereocenters. The van der Waals surface area contributed by atoms with E-state index < -0.39 is 0 Å². The van der Waals surface area contributed by atoms with Crippen LogP contribution in [0.5, 0.6) is 11.5 Å². The largest absolute Gasteiger partial charge is 0.497 e. The lowest BCUT2D eigenvalue weighted by Gasteiger charge is -2.12. The van der Waals surface area contributed by atoms with Gasteiger partial charge in [0.25, 0.3) is 5.91 Å². The quantitative estimate of drug-likeness (QED) is 0.579. The minimum absolute atomic E-state index is 0.248. The number of nitrogens with zero attached hydrogens (tertiary/aromatic N) is 2. The molecule has 1 aromatic heterocycles. The lowest BCUT2D eigenvalue weighted by molar-refractivity contribution is 0.0949. The van der Waals surface area contributed by atoms with E-state index >= 15 is 0 Å². The van der Waals surface area contributed by atoms with Crippen LogP contribution in [0.2, 0.25) is 0 Å². The van der Waals surface area contributed by atoms with Crippen LogP contribution in [-0.4, -0.2) is 36.1 Å². The summed E-state index contributed by atoms with van der Waals surface area (Å²) in [5.74, 6) is 1.80. The highest BCUT2D eigenvalue weighted by Crippen LogP contribution is 2.26. The summed E-state index contributed by atoms with van der Waals surface area (Å²) in [7, 11) is 1.63. The minimum atomic E-state index is -0.248. The summed E-state index contributed by atoms with van der Waals surface area (Å²) < 4.78 is 10.8. The number of nitrogens with one attached hydrogen (secondary N) is 2. The minimum Gasteiger partial charge on any atom is -0.497 e. The van der Waals surface area contributed by atoms with Crippen molar-refractivity contribution >= 4 is 17.4 Å². The molecule has 0 saturated carbocycles. The molecule has 0 unspecified atom stereocenters. The summed E-state index contributed by atoms with van der Waals surface area (Å²) in [5, 5.41) is 6.06. The molecule has 0 bridgehead atoms. The summed E-state index contributed by atoms with van der Waals surface area (Å²) in [5.41, 5.74) is 2.19. The number of anilines is 2. The van der Waals surface area contributed by atoms with Gasteiger partial charge in [-0.05, 0) is 43.2 Å². The van der Waals surface area contributed by atoms with E-state index in [1.807, 2.05) is 55.5 Å². The van der Waals surface area contributed by atoms with Gasteiger partial charge in [-0.25, -0.2) is 9.97 Å². The number of amides is 1. The second-order valence-electron chi connectivity index (χ2n) is 6.20. The van der Waals surface area contributed by atoms with E-state index in [0.717, 1.165) is 22.7 Å². The number of hydrogen-bond acceptors (Lipinski definition) is 6. The average molecular weight is 392 g/mol. The van der Waals surface area contributed by atoms with Crippen LogP contribution in [0.25, 0.3) is 0 Å². The van der Waals surface area contributed by atoms with E-state index in [9.17, 15) is 4.79 Å². The first-order chi connectivity index (χ1) is 14.2. The van der Waals surface area contributed by atoms with E-state index in [-0.39, 0.29) is 5.91 Å². The lowest BCUT2D eigenvalue weighted by Crippen LogP contribution is -2.26. The highest BCUT2D eigenvalue weighted by molar-refractivity contribution is 5.93. The SMILES string of the molecule is CCOc1ccccc1Nc1cc(C(=O)NCCc2ccc(OC)cc2)ncn1. The van der Waals surface area contributed by atoms with Crippen molar-refractivity contribution in [3.63, 3.8) is 0 Å². The van der Waals surface area contributed by atoms with Crippen LogP contribution in [0.3, 0.4) is 0 Å². The van der Waals surface area contributed by atoms with Crippen molar-refractivity contribution in [3.05, 3.63) is 72.2 Å². The van der Waals surface area contributed by atoms with Crippen molar-refractivity contribution < 1.29 is 14.3 Å². The number of para-hydroxylation sites is 2. The number of carbonyl (C=O) groups excluding carboxylic acids is 1. The highest BCUT2D eigenvalue weighted by atomic mass is 16.5. The number of hydrogen-bond donors (Lipinski definition) is 2. The normalized spacial score (nSPS) is 10.3. The van der Waals surface area contributed by atoms with Gasteiger partial charge in [-0.15, -0.1) is 0 Å². The molecule has 150 valence electrons. The molecular formula is C22H24N4O3. The van der Waals surface area contributed by atoms with Crippen LogP contribution in [0.4, 0.5) is 11.5 Å². The Hall–Kier alpha value is -3.61. The van der Waals surface area contributed by atoms with Gasteiger partial charge in [0, 0.05) is 12.6 Å². The second-order valence-corrected chi connectivity index (χ2v) is 6.20. The molecule has 0 saturated heterocycles. The van der Waals surface area contributed by atoms with Crippen molar-refractivity contribution in [3.8, 4) is 11.5 Å². The molecule has 0 aliphatic heterocycles. The molecule has 2 N–H and O–H groups in total. The summed E-state index contributed by atoms with van der Waals surface area (Å²) in [6.45, 7) is 2.99. The Kier molecular flexibility index (Phi) is 7.00. The Balaban J connectivity index is 1.59. The Bertz CT molecular complexity index is 945. The molecule has 7 heteroatoms. The van der Waals surface area contributed by atoms with Crippen LogP contribution in [0.15, 0.2) is 60.9 Å². The fourth-order valence-corrected chi connectivity index (χ4v) is 2.74. The number of ether oxygens (including phenoxy) is 2. The van der Waals surface area contributed by atoms with Gasteiger partial charge in [0.2, 0.25) is 0 Å². The van der Waals surface area contributed by atoms with Gasteiger partial charge in [-0.3, -0.25) is 4.79 Å². The van der Waals surface area contributed by atoms with Crippen molar-refractivity contribution in [1.29, 1.82) is 0 Å². The summed E-state index contributed by atoms with van der Waals surface area (Å²) >= 11 is 0. The third-order valence-electron chi connectivity index (χ3n) is 4.21. The zero-order valence-electron chi connectivity index (χ0n) is 16.5. The van der Waals surface area contributed by atoms with Crippen LogP contribution in [0, 0.1) is 0 Å². The maximum absolute atomic E-state index is 12.4. The monoisotopic (exact) mass is 392 g/mol. The fraction of sp³-hybridized carbons (Fsp3) is 0.227. The van der Waals surface area contributed by atoms with E-state index in [1.54, 1.807) is 13.2 Å². The van der Waals surface area contributed by atoms with E-state index in [4.69, 9.17) is 9.47 Å². The fourth-order valence-electron chi connectivity index (χ4n) is 2.74. The van der Waals surface area contributed by atoms with Crippen molar-refractivity contribution in [2.75, 3.05) is 25.6 Å². The first-order valence-corrected chi connectivity index (χ1v) is 9.41. The van der Waals surface area contributed by atoms with Gasteiger partial charge in [0.15, 0.2) is 0 Å². The molecule has 2 aromatic carbocycles. The van der Waals surface area contributed by atoms with Gasteiger partial charge < -0.3 is 20.1 Å². The molecule has 3 aromatic rings. The molecule has 1 amide bonds. The first kappa shape index (κ1) is 20.1. The molecule has 7 nitrogen and oxygen atoms in total. The number of methoxy groups -OCH3 is 1. The van der Waals surface area contributed by atoms with Gasteiger partial charge in [0.05, 0.1) is 19.4 Å². The van der Waals surface area contributed by atoms with E-state index in [0.29, 0.717) is 31.1 Å². The van der Waals surface area contributed by atoms with Gasteiger partial charge in [-0.2, -0.15) is 0 Å². The Morgan fingerprint density at radius 3 is 2.62 bits per heavy atom.